The van der Waals surface area contributed by atoms with Crippen LogP contribution in [0.15, 0.2) is 28.7 Å². The summed E-state index contributed by atoms with van der Waals surface area (Å²) in [4.78, 5) is 6.19. The number of nitrogens with two attached hydrogens (primary N) is 1. The molecule has 0 spiro atoms. The molecule has 0 atom stereocenters. The number of hydrogen-bond donors (Lipinski definition) is 1. The van der Waals surface area contributed by atoms with Gasteiger partial charge in [0.1, 0.15) is 0 Å². The van der Waals surface area contributed by atoms with E-state index in [4.69, 9.17) is 5.73 Å². The lowest BCUT2D eigenvalue weighted by Crippen LogP contribution is -1.92. The lowest BCUT2D eigenvalue weighted by molar-refractivity contribution is 0.987. The number of benzene rings is 1. The van der Waals surface area contributed by atoms with Crippen LogP contribution in [0, 0.1) is 6.92 Å². The van der Waals surface area contributed by atoms with E-state index in [-0.39, 0.29) is 0 Å². The van der Waals surface area contributed by atoms with Crippen molar-refractivity contribution < 1.29 is 0 Å². The van der Waals surface area contributed by atoms with Crippen LogP contribution in [0.3, 0.4) is 0 Å². The quantitative estimate of drug-likeness (QED) is 0.751. The molecule has 0 unspecified atom stereocenters. The number of hydrogen-bond acceptors (Lipinski definition) is 4. The smallest absolute Gasteiger partial charge is 0.241 e. The molecule has 0 aliphatic heterocycles. The summed E-state index contributed by atoms with van der Waals surface area (Å²) in [5, 5.41) is 4.22. The van der Waals surface area contributed by atoms with Gasteiger partial charge in [0.05, 0.1) is 5.69 Å². The van der Waals surface area contributed by atoms with Gasteiger partial charge in [-0.05, 0) is 19.1 Å². The molecule has 17 heavy (non-hydrogen) atoms. The minimum absolute atomic E-state index is 0.312. The first kappa shape index (κ1) is 10.7. The minimum atomic E-state index is 0.312. The third-order valence-electron chi connectivity index (χ3n) is 2.48. The fraction of sp³-hybridized carbons (Fsp3) is 0.0909. The molecule has 0 aliphatic carbocycles. The monoisotopic (exact) mass is 308 g/mol. The average Bonchev–Trinajstić information content (AvgIpc) is 2.72. The number of halogens is 1. The zero-order valence-electron chi connectivity index (χ0n) is 9.01. The Morgan fingerprint density at radius 3 is 3.00 bits per heavy atom. The number of rotatable bonds is 1. The molecule has 86 valence electrons. The Morgan fingerprint density at radius 2 is 2.24 bits per heavy atom. The summed E-state index contributed by atoms with van der Waals surface area (Å²) in [6.07, 6.45) is 0. The topological polar surface area (TPSA) is 56.2 Å². The molecule has 0 bridgehead atoms. The van der Waals surface area contributed by atoms with Gasteiger partial charge in [-0.15, -0.1) is 5.10 Å². The summed E-state index contributed by atoms with van der Waals surface area (Å²) in [7, 11) is 0. The molecule has 3 aromatic rings. The van der Waals surface area contributed by atoms with Crippen molar-refractivity contribution in [3.8, 4) is 11.3 Å². The maximum absolute atomic E-state index is 5.62. The van der Waals surface area contributed by atoms with Crippen LogP contribution in [-0.4, -0.2) is 14.6 Å². The predicted octanol–water partition coefficient (Wildman–Crippen LogP) is 3.11. The van der Waals surface area contributed by atoms with Crippen LogP contribution in [0.4, 0.5) is 5.95 Å². The van der Waals surface area contributed by atoms with Gasteiger partial charge in [0.25, 0.3) is 0 Å². The summed E-state index contributed by atoms with van der Waals surface area (Å²) < 4.78 is 2.85. The first-order valence-corrected chi connectivity index (χ1v) is 6.63. The molecule has 0 aliphatic rings. The van der Waals surface area contributed by atoms with Gasteiger partial charge < -0.3 is 5.73 Å². The maximum atomic E-state index is 5.62. The summed E-state index contributed by atoms with van der Waals surface area (Å²) in [5.74, 6) is 0.312. The third kappa shape index (κ3) is 1.73. The van der Waals surface area contributed by atoms with Crippen molar-refractivity contribution in [1.29, 1.82) is 0 Å². The van der Waals surface area contributed by atoms with Crippen LogP contribution < -0.4 is 5.73 Å². The second kappa shape index (κ2) is 3.82. The van der Waals surface area contributed by atoms with Crippen molar-refractivity contribution >= 4 is 38.2 Å². The zero-order chi connectivity index (χ0) is 12.0. The molecule has 1 aromatic carbocycles. The highest BCUT2D eigenvalue weighted by atomic mass is 79.9. The summed E-state index contributed by atoms with van der Waals surface area (Å²) >= 11 is 5.07. The lowest BCUT2D eigenvalue weighted by Gasteiger charge is -2.01. The Labute approximate surface area is 110 Å². The number of nitrogen functional groups attached to an aromatic ring is 1. The van der Waals surface area contributed by atoms with Crippen molar-refractivity contribution in [3.63, 3.8) is 0 Å². The van der Waals surface area contributed by atoms with Crippen LogP contribution in [-0.2, 0) is 0 Å². The molecule has 0 saturated carbocycles. The molecule has 2 heterocycles. The molecule has 2 N–H and O–H groups in total. The largest absolute Gasteiger partial charge is 0.366 e. The second-order valence-corrected chi connectivity index (χ2v) is 5.78. The van der Waals surface area contributed by atoms with Crippen molar-refractivity contribution in [2.45, 2.75) is 6.92 Å². The van der Waals surface area contributed by atoms with E-state index in [1.54, 1.807) is 15.9 Å². The van der Waals surface area contributed by atoms with Crippen molar-refractivity contribution in [1.82, 2.24) is 14.6 Å². The first-order valence-electron chi connectivity index (χ1n) is 5.03. The average molecular weight is 309 g/mol. The number of aryl methyl sites for hydroxylation is 1. The third-order valence-corrected chi connectivity index (χ3v) is 3.92. The minimum Gasteiger partial charge on any atom is -0.366 e. The molecular weight excluding hydrogens is 300 g/mol. The Kier molecular flexibility index (Phi) is 2.41. The summed E-state index contributed by atoms with van der Waals surface area (Å²) in [6, 6.07) is 8.12. The molecule has 4 nitrogen and oxygen atoms in total. The zero-order valence-corrected chi connectivity index (χ0v) is 11.4. The maximum Gasteiger partial charge on any atom is 0.241 e. The van der Waals surface area contributed by atoms with E-state index in [2.05, 4.69) is 45.1 Å². The Bertz CT molecular complexity index is 701. The lowest BCUT2D eigenvalue weighted by atomic mass is 10.1. The fourth-order valence-electron chi connectivity index (χ4n) is 1.82. The van der Waals surface area contributed by atoms with E-state index in [0.29, 0.717) is 5.95 Å². The van der Waals surface area contributed by atoms with E-state index >= 15 is 0 Å². The molecule has 0 fully saturated rings. The number of anilines is 1. The molecule has 0 saturated heterocycles. The number of aromatic nitrogens is 3. The van der Waals surface area contributed by atoms with Gasteiger partial charge in [-0.2, -0.15) is 4.98 Å². The van der Waals surface area contributed by atoms with Crippen LogP contribution in [0.1, 0.15) is 4.88 Å². The Hall–Kier alpha value is -1.40. The number of thiazole rings is 1. The van der Waals surface area contributed by atoms with E-state index in [0.717, 1.165) is 20.7 Å². The highest BCUT2D eigenvalue weighted by Crippen LogP contribution is 2.31. The standard InChI is InChI=1S/C11H9BrN4S/c1-6-9(7-3-2-4-8(12)5-7)16-11(17-6)14-10(13)15-16/h2-5H,1H3,(H2,13,15). The highest BCUT2D eigenvalue weighted by Gasteiger charge is 2.14. The molecular formula is C11H9BrN4S. The van der Waals surface area contributed by atoms with Gasteiger partial charge in [-0.1, -0.05) is 39.4 Å². The van der Waals surface area contributed by atoms with E-state index < -0.39 is 0 Å². The highest BCUT2D eigenvalue weighted by molar-refractivity contribution is 9.10. The van der Waals surface area contributed by atoms with Crippen LogP contribution in [0.25, 0.3) is 16.2 Å². The van der Waals surface area contributed by atoms with Gasteiger partial charge in [0, 0.05) is 14.9 Å². The normalized spacial score (nSPS) is 11.2. The van der Waals surface area contributed by atoms with Gasteiger partial charge in [-0.3, -0.25) is 0 Å². The van der Waals surface area contributed by atoms with E-state index in [1.165, 1.54) is 4.88 Å². The van der Waals surface area contributed by atoms with Crippen LogP contribution in [0.2, 0.25) is 0 Å². The SMILES string of the molecule is Cc1sc2nc(N)nn2c1-c1cccc(Br)c1. The number of nitrogens with zero attached hydrogens (tertiary/aromatic N) is 3. The van der Waals surface area contributed by atoms with Crippen LogP contribution >= 0.6 is 27.3 Å². The fourth-order valence-corrected chi connectivity index (χ4v) is 3.15. The Morgan fingerprint density at radius 1 is 1.41 bits per heavy atom. The van der Waals surface area contributed by atoms with Crippen molar-refractivity contribution in [3.05, 3.63) is 33.6 Å². The second-order valence-electron chi connectivity index (χ2n) is 3.68. The van der Waals surface area contributed by atoms with Crippen LogP contribution in [0.5, 0.6) is 0 Å². The van der Waals surface area contributed by atoms with Gasteiger partial charge in [0.15, 0.2) is 0 Å². The molecule has 6 heteroatoms. The molecule has 3 rings (SSSR count). The van der Waals surface area contributed by atoms with Gasteiger partial charge in [0.2, 0.25) is 10.9 Å². The predicted molar refractivity (Wildman–Crippen MR) is 73.1 cm³/mol. The van der Waals surface area contributed by atoms with E-state index in [9.17, 15) is 0 Å². The summed E-state index contributed by atoms with van der Waals surface area (Å²) in [6.45, 7) is 2.06. The van der Waals surface area contributed by atoms with Crippen molar-refractivity contribution in [2.24, 2.45) is 0 Å². The van der Waals surface area contributed by atoms with Crippen molar-refractivity contribution in [2.75, 3.05) is 5.73 Å². The number of fused-ring (bicyclic) bond motifs is 1. The Balaban J connectivity index is 2.32. The first-order chi connectivity index (χ1) is 8.15. The molecule has 2 aromatic heterocycles. The van der Waals surface area contributed by atoms with Gasteiger partial charge >= 0.3 is 0 Å². The van der Waals surface area contributed by atoms with Gasteiger partial charge in [-0.25, -0.2) is 4.52 Å². The summed E-state index contributed by atoms with van der Waals surface area (Å²) in [5.41, 5.74) is 7.77. The molecule has 0 amide bonds. The van der Waals surface area contributed by atoms with E-state index in [1.807, 2.05) is 12.1 Å². The molecule has 0 radical (unpaired) electrons.